The molecule has 1 aromatic carbocycles. The van der Waals surface area contributed by atoms with Gasteiger partial charge in [-0.2, -0.15) is 0 Å². The summed E-state index contributed by atoms with van der Waals surface area (Å²) in [6.07, 6.45) is 7.88. The van der Waals surface area contributed by atoms with Crippen LogP contribution in [0.15, 0.2) is 24.3 Å². The summed E-state index contributed by atoms with van der Waals surface area (Å²) >= 11 is 5.99. The first-order chi connectivity index (χ1) is 11.2. The fraction of sp³-hybridized carbons (Fsp3) is 0.632. The third-order valence-corrected chi connectivity index (χ3v) is 6.11. The Labute approximate surface area is 143 Å². The van der Waals surface area contributed by atoms with Gasteiger partial charge in [0.2, 0.25) is 5.91 Å². The second-order valence-electron chi connectivity index (χ2n) is 7.48. The van der Waals surface area contributed by atoms with Crippen LogP contribution in [0.5, 0.6) is 0 Å². The molecule has 0 radical (unpaired) electrons. The molecule has 3 aliphatic rings. The Bertz CT molecular complexity index is 561. The van der Waals surface area contributed by atoms with Gasteiger partial charge >= 0.3 is 0 Å². The van der Waals surface area contributed by atoms with Gasteiger partial charge in [-0.25, -0.2) is 0 Å². The Morgan fingerprint density at radius 3 is 2.52 bits per heavy atom. The van der Waals surface area contributed by atoms with E-state index in [1.54, 1.807) is 0 Å². The van der Waals surface area contributed by atoms with Crippen LogP contribution in [0.2, 0.25) is 5.02 Å². The average Bonchev–Trinajstić information content (AvgIpc) is 3.15. The summed E-state index contributed by atoms with van der Waals surface area (Å²) in [4.78, 5) is 15.0. The van der Waals surface area contributed by atoms with E-state index in [4.69, 9.17) is 11.6 Å². The van der Waals surface area contributed by atoms with Crippen LogP contribution in [-0.4, -0.2) is 29.4 Å². The zero-order valence-electron chi connectivity index (χ0n) is 13.5. The zero-order chi connectivity index (χ0) is 15.8. The Kier molecular flexibility index (Phi) is 4.33. The molecule has 3 aliphatic heterocycles. The first kappa shape index (κ1) is 15.5. The van der Waals surface area contributed by atoms with Crippen molar-refractivity contribution in [2.45, 2.75) is 63.1 Å². The van der Waals surface area contributed by atoms with Crippen LogP contribution < -0.4 is 5.32 Å². The molecule has 3 unspecified atom stereocenters. The normalized spacial score (nSPS) is 33.2. The number of piperidine rings is 1. The molecule has 23 heavy (non-hydrogen) atoms. The summed E-state index contributed by atoms with van der Waals surface area (Å²) in [6, 6.07) is 9.59. The van der Waals surface area contributed by atoms with Crippen LogP contribution in [-0.2, 0) is 4.79 Å². The van der Waals surface area contributed by atoms with Gasteiger partial charge in [-0.15, -0.1) is 0 Å². The molecule has 124 valence electrons. The number of benzene rings is 1. The Morgan fingerprint density at radius 1 is 1.13 bits per heavy atom. The summed E-state index contributed by atoms with van der Waals surface area (Å²) in [5, 5.41) is 4.42. The highest BCUT2D eigenvalue weighted by Gasteiger charge is 2.36. The number of amides is 1. The van der Waals surface area contributed by atoms with Crippen molar-refractivity contribution in [3.63, 3.8) is 0 Å². The molecule has 3 saturated heterocycles. The highest BCUT2D eigenvalue weighted by Crippen LogP contribution is 2.36. The van der Waals surface area contributed by atoms with Crippen LogP contribution in [0.3, 0.4) is 0 Å². The number of halogens is 1. The van der Waals surface area contributed by atoms with Crippen molar-refractivity contribution < 1.29 is 4.79 Å². The molecule has 4 rings (SSSR count). The predicted molar refractivity (Wildman–Crippen MR) is 92.4 cm³/mol. The molecule has 1 amide bonds. The minimum Gasteiger partial charge on any atom is -0.336 e. The molecule has 1 aromatic rings. The Balaban J connectivity index is 1.41. The van der Waals surface area contributed by atoms with E-state index in [9.17, 15) is 4.79 Å². The number of carbonyl (C=O) groups excluding carboxylic acids is 1. The molecule has 0 aromatic heterocycles. The third-order valence-electron chi connectivity index (χ3n) is 5.86. The van der Waals surface area contributed by atoms with Gasteiger partial charge < -0.3 is 10.2 Å². The van der Waals surface area contributed by atoms with Gasteiger partial charge in [-0.1, -0.05) is 23.7 Å². The average molecular weight is 333 g/mol. The number of rotatable bonds is 3. The lowest BCUT2D eigenvalue weighted by atomic mass is 9.89. The van der Waals surface area contributed by atoms with Crippen LogP contribution in [0.4, 0.5) is 0 Å². The van der Waals surface area contributed by atoms with E-state index in [0.29, 0.717) is 23.9 Å². The quantitative estimate of drug-likeness (QED) is 0.909. The predicted octanol–water partition coefficient (Wildman–Crippen LogP) is 3.92. The molecule has 2 bridgehead atoms. The summed E-state index contributed by atoms with van der Waals surface area (Å²) in [7, 11) is 0. The van der Waals surface area contributed by atoms with Crippen molar-refractivity contribution in [2.75, 3.05) is 6.54 Å². The second-order valence-corrected chi connectivity index (χ2v) is 7.91. The minimum atomic E-state index is 0.248. The number of hydrogen-bond donors (Lipinski definition) is 1. The molecule has 1 N–H and O–H groups in total. The Hall–Kier alpha value is -1.06. The maximum absolute atomic E-state index is 12.9. The molecule has 3 nitrogen and oxygen atoms in total. The number of fused-ring (bicyclic) bond motifs is 2. The summed E-state index contributed by atoms with van der Waals surface area (Å²) in [5.41, 5.74) is 1.23. The minimum absolute atomic E-state index is 0.248. The molecule has 4 heteroatoms. The fourth-order valence-electron chi connectivity index (χ4n) is 4.80. The first-order valence-electron chi connectivity index (χ1n) is 9.00. The largest absolute Gasteiger partial charge is 0.336 e. The zero-order valence-corrected chi connectivity index (χ0v) is 14.3. The van der Waals surface area contributed by atoms with Crippen LogP contribution in [0.1, 0.15) is 56.6 Å². The van der Waals surface area contributed by atoms with Gasteiger partial charge in [0.15, 0.2) is 0 Å². The van der Waals surface area contributed by atoms with Gasteiger partial charge in [0, 0.05) is 30.1 Å². The van der Waals surface area contributed by atoms with Gasteiger partial charge in [0.25, 0.3) is 0 Å². The maximum atomic E-state index is 12.9. The van der Waals surface area contributed by atoms with Crippen LogP contribution in [0, 0.1) is 5.92 Å². The van der Waals surface area contributed by atoms with Crippen molar-refractivity contribution >= 4 is 17.5 Å². The molecular formula is C19H25ClN2O. The highest BCUT2D eigenvalue weighted by atomic mass is 35.5. The van der Waals surface area contributed by atoms with E-state index in [2.05, 4.69) is 22.3 Å². The van der Waals surface area contributed by atoms with E-state index >= 15 is 0 Å². The van der Waals surface area contributed by atoms with E-state index in [-0.39, 0.29) is 6.04 Å². The summed E-state index contributed by atoms with van der Waals surface area (Å²) in [6.45, 7) is 0.907. The Morgan fingerprint density at radius 2 is 1.83 bits per heavy atom. The molecule has 0 saturated carbocycles. The topological polar surface area (TPSA) is 32.3 Å². The summed E-state index contributed by atoms with van der Waals surface area (Å²) in [5.74, 6) is 0.932. The van der Waals surface area contributed by atoms with Crippen molar-refractivity contribution in [3.05, 3.63) is 34.9 Å². The smallest absolute Gasteiger partial charge is 0.223 e. The van der Waals surface area contributed by atoms with Crippen molar-refractivity contribution in [2.24, 2.45) is 5.92 Å². The molecular weight excluding hydrogens is 308 g/mol. The monoisotopic (exact) mass is 332 g/mol. The number of nitrogens with one attached hydrogen (secondary N) is 1. The third kappa shape index (κ3) is 3.27. The molecule has 3 fully saturated rings. The van der Waals surface area contributed by atoms with E-state index in [1.165, 1.54) is 31.2 Å². The standard InChI is InChI=1S/C19H25ClN2O/c20-15-5-3-14(4-6-15)18-2-1-9-22(18)19(23)12-13-10-16-7-8-17(11-13)21-16/h3-6,13,16-18,21H,1-2,7-12H2. The SMILES string of the molecule is O=C(CC1CC2CCC(C1)N2)N1CCCC1c1ccc(Cl)cc1. The highest BCUT2D eigenvalue weighted by molar-refractivity contribution is 6.30. The van der Waals surface area contributed by atoms with E-state index < -0.39 is 0 Å². The van der Waals surface area contributed by atoms with Crippen molar-refractivity contribution in [3.8, 4) is 0 Å². The number of hydrogen-bond acceptors (Lipinski definition) is 2. The van der Waals surface area contributed by atoms with Gasteiger partial charge in [0.1, 0.15) is 0 Å². The number of nitrogens with zero attached hydrogens (tertiary/aromatic N) is 1. The van der Waals surface area contributed by atoms with Gasteiger partial charge in [-0.3, -0.25) is 4.79 Å². The molecule has 0 aliphatic carbocycles. The summed E-state index contributed by atoms with van der Waals surface area (Å²) < 4.78 is 0. The molecule has 3 heterocycles. The lowest BCUT2D eigenvalue weighted by Gasteiger charge is -2.31. The lowest BCUT2D eigenvalue weighted by Crippen LogP contribution is -2.40. The molecule has 0 spiro atoms. The number of carbonyl (C=O) groups is 1. The van der Waals surface area contributed by atoms with Gasteiger partial charge in [0.05, 0.1) is 6.04 Å². The van der Waals surface area contributed by atoms with E-state index in [0.717, 1.165) is 30.8 Å². The van der Waals surface area contributed by atoms with Crippen molar-refractivity contribution in [1.82, 2.24) is 10.2 Å². The number of likely N-dealkylation sites (tertiary alicyclic amines) is 1. The molecule has 3 atom stereocenters. The van der Waals surface area contributed by atoms with Gasteiger partial charge in [-0.05, 0) is 62.1 Å². The fourth-order valence-corrected chi connectivity index (χ4v) is 4.93. The lowest BCUT2D eigenvalue weighted by molar-refractivity contribution is -0.133. The van der Waals surface area contributed by atoms with Crippen LogP contribution >= 0.6 is 11.6 Å². The van der Waals surface area contributed by atoms with Crippen LogP contribution in [0.25, 0.3) is 0 Å². The van der Waals surface area contributed by atoms with Crippen molar-refractivity contribution in [1.29, 1.82) is 0 Å². The van der Waals surface area contributed by atoms with E-state index in [1.807, 2.05) is 12.1 Å². The maximum Gasteiger partial charge on any atom is 0.223 e. The first-order valence-corrected chi connectivity index (χ1v) is 9.38. The second kappa shape index (κ2) is 6.45.